The number of aromatic nitrogens is 2. The van der Waals surface area contributed by atoms with E-state index in [1.165, 1.54) is 0 Å². The minimum Gasteiger partial charge on any atom is -0.388 e. The molecule has 0 atom stereocenters. The zero-order valence-corrected chi connectivity index (χ0v) is 11.1. The Bertz CT molecular complexity index is 559. The number of nitrogens with two attached hydrogens (primary N) is 1. The highest BCUT2D eigenvalue weighted by atomic mass is 79.9. The first kappa shape index (κ1) is 11.9. The van der Waals surface area contributed by atoms with Gasteiger partial charge < -0.3 is 11.1 Å². The van der Waals surface area contributed by atoms with Gasteiger partial charge in [0.25, 0.3) is 0 Å². The maximum absolute atomic E-state index is 5.58. The Labute approximate surface area is 112 Å². The fourth-order valence-electron chi connectivity index (χ4n) is 1.30. The summed E-state index contributed by atoms with van der Waals surface area (Å²) >= 11 is 8.36. The second kappa shape index (κ2) is 5.20. The summed E-state index contributed by atoms with van der Waals surface area (Å²) in [5.41, 5.74) is 6.95. The number of rotatable bonds is 3. The molecule has 0 radical (unpaired) electrons. The number of hydrogen-bond acceptors (Lipinski definition) is 4. The molecule has 17 heavy (non-hydrogen) atoms. The van der Waals surface area contributed by atoms with E-state index in [9.17, 15) is 0 Å². The molecule has 0 fully saturated rings. The molecule has 0 amide bonds. The number of para-hydroxylation sites is 1. The van der Waals surface area contributed by atoms with Gasteiger partial charge in [0.05, 0.1) is 5.69 Å². The number of halogens is 1. The van der Waals surface area contributed by atoms with Crippen LogP contribution < -0.4 is 11.1 Å². The summed E-state index contributed by atoms with van der Waals surface area (Å²) in [5.74, 6) is 0.548. The van der Waals surface area contributed by atoms with E-state index < -0.39 is 0 Å². The summed E-state index contributed by atoms with van der Waals surface area (Å²) < 4.78 is 0.930. The molecule has 0 saturated heterocycles. The van der Waals surface area contributed by atoms with Crippen LogP contribution in [0.5, 0.6) is 0 Å². The monoisotopic (exact) mass is 308 g/mol. The Kier molecular flexibility index (Phi) is 3.65. The van der Waals surface area contributed by atoms with Crippen LogP contribution in [0.25, 0.3) is 0 Å². The maximum atomic E-state index is 5.58. The standard InChI is InChI=1S/C11H9BrN4S/c12-7-3-1-2-4-8(7)16-11-9(10(13)17)14-5-6-15-11/h1-6H,(H2,13,17)(H,15,16). The van der Waals surface area contributed by atoms with Crippen molar-refractivity contribution in [1.29, 1.82) is 0 Å². The lowest BCUT2D eigenvalue weighted by Crippen LogP contribution is -2.15. The van der Waals surface area contributed by atoms with Crippen LogP contribution in [0, 0.1) is 0 Å². The number of nitrogens with one attached hydrogen (secondary N) is 1. The second-order valence-electron chi connectivity index (χ2n) is 3.22. The van der Waals surface area contributed by atoms with Gasteiger partial charge in [0, 0.05) is 16.9 Å². The summed E-state index contributed by atoms with van der Waals surface area (Å²) in [6.07, 6.45) is 3.14. The molecule has 2 rings (SSSR count). The highest BCUT2D eigenvalue weighted by Crippen LogP contribution is 2.25. The summed E-state index contributed by atoms with van der Waals surface area (Å²) in [5, 5.41) is 3.13. The van der Waals surface area contributed by atoms with E-state index in [0.29, 0.717) is 11.5 Å². The Hall–Kier alpha value is -1.53. The normalized spacial score (nSPS) is 9.94. The quantitative estimate of drug-likeness (QED) is 0.853. The van der Waals surface area contributed by atoms with Gasteiger partial charge in [-0.3, -0.25) is 0 Å². The third-order valence-electron chi connectivity index (χ3n) is 2.06. The van der Waals surface area contributed by atoms with E-state index in [2.05, 4.69) is 31.2 Å². The molecular formula is C11H9BrN4S. The lowest BCUT2D eigenvalue weighted by Gasteiger charge is -2.10. The number of anilines is 2. The van der Waals surface area contributed by atoms with E-state index in [1.54, 1.807) is 12.4 Å². The average Bonchev–Trinajstić information content (AvgIpc) is 2.32. The van der Waals surface area contributed by atoms with Gasteiger partial charge >= 0.3 is 0 Å². The van der Waals surface area contributed by atoms with E-state index in [4.69, 9.17) is 18.0 Å². The molecule has 1 aromatic carbocycles. The van der Waals surface area contributed by atoms with Crippen molar-refractivity contribution in [3.8, 4) is 0 Å². The summed E-state index contributed by atoms with van der Waals surface area (Å²) in [6.45, 7) is 0. The number of hydrogen-bond donors (Lipinski definition) is 2. The molecule has 0 aliphatic rings. The van der Waals surface area contributed by atoms with Crippen molar-refractivity contribution in [1.82, 2.24) is 9.97 Å². The molecule has 1 heterocycles. The van der Waals surface area contributed by atoms with Gasteiger partial charge in [-0.1, -0.05) is 24.4 Å². The smallest absolute Gasteiger partial charge is 0.159 e. The van der Waals surface area contributed by atoms with E-state index >= 15 is 0 Å². The number of thiocarbonyl (C=S) groups is 1. The molecule has 0 unspecified atom stereocenters. The first-order valence-corrected chi connectivity index (χ1v) is 6.01. The minimum absolute atomic E-state index is 0.215. The highest BCUT2D eigenvalue weighted by molar-refractivity contribution is 9.10. The largest absolute Gasteiger partial charge is 0.388 e. The molecule has 0 aliphatic carbocycles. The molecular weight excluding hydrogens is 300 g/mol. The van der Waals surface area contributed by atoms with Crippen molar-refractivity contribution >= 4 is 44.6 Å². The molecule has 0 aliphatic heterocycles. The minimum atomic E-state index is 0.215. The Morgan fingerprint density at radius 1 is 1.24 bits per heavy atom. The first-order valence-electron chi connectivity index (χ1n) is 4.81. The van der Waals surface area contributed by atoms with Gasteiger partial charge in [-0.25, -0.2) is 9.97 Å². The van der Waals surface area contributed by atoms with Crippen molar-refractivity contribution in [2.24, 2.45) is 5.73 Å². The molecule has 3 N–H and O–H groups in total. The number of nitrogens with zero attached hydrogens (tertiary/aromatic N) is 2. The van der Waals surface area contributed by atoms with Crippen molar-refractivity contribution < 1.29 is 0 Å². The van der Waals surface area contributed by atoms with Crippen LogP contribution in [0.1, 0.15) is 5.69 Å². The van der Waals surface area contributed by atoms with Crippen LogP contribution in [0.2, 0.25) is 0 Å². The van der Waals surface area contributed by atoms with Gasteiger partial charge in [-0.15, -0.1) is 0 Å². The number of benzene rings is 1. The molecule has 86 valence electrons. The van der Waals surface area contributed by atoms with Gasteiger partial charge in [0.15, 0.2) is 5.82 Å². The third kappa shape index (κ3) is 2.78. The summed E-state index contributed by atoms with van der Waals surface area (Å²) in [7, 11) is 0. The topological polar surface area (TPSA) is 63.8 Å². The highest BCUT2D eigenvalue weighted by Gasteiger charge is 2.08. The van der Waals surface area contributed by atoms with Crippen molar-refractivity contribution in [2.45, 2.75) is 0 Å². The Morgan fingerprint density at radius 3 is 2.65 bits per heavy atom. The van der Waals surface area contributed by atoms with E-state index in [1.807, 2.05) is 24.3 Å². The summed E-state index contributed by atoms with van der Waals surface area (Å²) in [4.78, 5) is 8.49. The van der Waals surface area contributed by atoms with E-state index in [0.717, 1.165) is 10.2 Å². The molecule has 0 spiro atoms. The zero-order chi connectivity index (χ0) is 12.3. The van der Waals surface area contributed by atoms with Gasteiger partial charge in [-0.05, 0) is 28.1 Å². The maximum Gasteiger partial charge on any atom is 0.159 e. The molecule has 4 nitrogen and oxygen atoms in total. The van der Waals surface area contributed by atoms with Crippen LogP contribution in [0.15, 0.2) is 41.1 Å². The molecule has 6 heteroatoms. The Morgan fingerprint density at radius 2 is 1.94 bits per heavy atom. The first-order chi connectivity index (χ1) is 8.18. The predicted molar refractivity (Wildman–Crippen MR) is 75.3 cm³/mol. The molecule has 2 aromatic rings. The van der Waals surface area contributed by atoms with Crippen LogP contribution in [-0.2, 0) is 0 Å². The van der Waals surface area contributed by atoms with Crippen molar-refractivity contribution in [3.05, 3.63) is 46.8 Å². The fraction of sp³-hybridized carbons (Fsp3) is 0. The molecule has 1 aromatic heterocycles. The van der Waals surface area contributed by atoms with Gasteiger partial charge in [-0.2, -0.15) is 0 Å². The average molecular weight is 309 g/mol. The van der Waals surface area contributed by atoms with Crippen molar-refractivity contribution in [3.63, 3.8) is 0 Å². The van der Waals surface area contributed by atoms with Crippen LogP contribution >= 0.6 is 28.1 Å². The SMILES string of the molecule is NC(=S)c1nccnc1Nc1ccccc1Br. The molecule has 0 saturated carbocycles. The van der Waals surface area contributed by atoms with Gasteiger partial charge in [0.1, 0.15) is 10.7 Å². The van der Waals surface area contributed by atoms with Crippen molar-refractivity contribution in [2.75, 3.05) is 5.32 Å². The van der Waals surface area contributed by atoms with Crippen LogP contribution in [0.3, 0.4) is 0 Å². The third-order valence-corrected chi connectivity index (χ3v) is 2.94. The van der Waals surface area contributed by atoms with Crippen LogP contribution in [-0.4, -0.2) is 15.0 Å². The fourth-order valence-corrected chi connectivity index (χ4v) is 1.83. The molecule has 0 bridgehead atoms. The lowest BCUT2D eigenvalue weighted by atomic mass is 10.3. The predicted octanol–water partition coefficient (Wildman–Crippen LogP) is 2.62. The van der Waals surface area contributed by atoms with Gasteiger partial charge in [0.2, 0.25) is 0 Å². The van der Waals surface area contributed by atoms with E-state index in [-0.39, 0.29) is 4.99 Å². The van der Waals surface area contributed by atoms with Crippen LogP contribution in [0.4, 0.5) is 11.5 Å². The Balaban J connectivity index is 2.37. The summed E-state index contributed by atoms with van der Waals surface area (Å²) in [6, 6.07) is 7.70. The zero-order valence-electron chi connectivity index (χ0n) is 8.72. The lowest BCUT2D eigenvalue weighted by molar-refractivity contribution is 1.18. The second-order valence-corrected chi connectivity index (χ2v) is 4.52.